The summed E-state index contributed by atoms with van der Waals surface area (Å²) in [4.78, 5) is 25.6. The zero-order chi connectivity index (χ0) is 14.3. The molecule has 4 heteroatoms. The highest BCUT2D eigenvalue weighted by Gasteiger charge is 2.26. The predicted molar refractivity (Wildman–Crippen MR) is 75.0 cm³/mol. The van der Waals surface area contributed by atoms with Crippen LogP contribution in [0.25, 0.3) is 0 Å². The van der Waals surface area contributed by atoms with E-state index in [-0.39, 0.29) is 23.8 Å². The van der Waals surface area contributed by atoms with Crippen LogP contribution in [0.5, 0.6) is 0 Å². The molecule has 1 saturated heterocycles. The Hall–Kier alpha value is -0.900. The molecule has 2 atom stereocenters. The highest BCUT2D eigenvalue weighted by molar-refractivity contribution is 5.79. The van der Waals surface area contributed by atoms with Crippen LogP contribution >= 0.6 is 0 Å². The van der Waals surface area contributed by atoms with Gasteiger partial charge < -0.3 is 9.64 Å². The average Bonchev–Trinajstić information content (AvgIpc) is 2.60. The minimum atomic E-state index is 0.113. The van der Waals surface area contributed by atoms with E-state index in [2.05, 4.69) is 0 Å². The van der Waals surface area contributed by atoms with Gasteiger partial charge in [0.2, 0.25) is 5.91 Å². The first-order valence-electron chi connectivity index (χ1n) is 7.36. The van der Waals surface area contributed by atoms with Gasteiger partial charge in [-0.2, -0.15) is 0 Å². The second-order valence-electron chi connectivity index (χ2n) is 5.58. The molecule has 1 aliphatic heterocycles. The molecule has 4 nitrogen and oxygen atoms in total. The molecule has 110 valence electrons. The molecule has 0 aliphatic carbocycles. The quantitative estimate of drug-likeness (QED) is 0.744. The molecule has 1 heterocycles. The molecule has 0 bridgehead atoms. The average molecular weight is 269 g/mol. The number of methoxy groups -OCH3 is 1. The Morgan fingerprint density at radius 3 is 2.68 bits per heavy atom. The zero-order valence-corrected chi connectivity index (χ0v) is 12.5. The van der Waals surface area contributed by atoms with Crippen LogP contribution in [0.3, 0.4) is 0 Å². The van der Waals surface area contributed by atoms with Crippen LogP contribution < -0.4 is 0 Å². The number of ether oxygens (including phenoxy) is 1. The normalized spacial score (nSPS) is 21.8. The minimum Gasteiger partial charge on any atom is -0.382 e. The third-order valence-corrected chi connectivity index (χ3v) is 3.89. The summed E-state index contributed by atoms with van der Waals surface area (Å²) in [6.45, 7) is 4.39. The highest BCUT2D eigenvalue weighted by atomic mass is 16.5. The van der Waals surface area contributed by atoms with E-state index < -0.39 is 0 Å². The third-order valence-electron chi connectivity index (χ3n) is 3.89. The Morgan fingerprint density at radius 2 is 2.05 bits per heavy atom. The number of amides is 1. The molecule has 0 radical (unpaired) electrons. The van der Waals surface area contributed by atoms with Gasteiger partial charge in [0.05, 0.1) is 6.10 Å². The summed E-state index contributed by atoms with van der Waals surface area (Å²) in [5, 5.41) is 0. The summed E-state index contributed by atoms with van der Waals surface area (Å²) in [6, 6.07) is 0.116. The number of hydrogen-bond acceptors (Lipinski definition) is 3. The number of carbonyl (C=O) groups excluding carboxylic acids is 2. The van der Waals surface area contributed by atoms with Crippen molar-refractivity contribution >= 4 is 11.7 Å². The second kappa shape index (κ2) is 8.31. The van der Waals surface area contributed by atoms with Gasteiger partial charge in [-0.3, -0.25) is 9.59 Å². The predicted octanol–water partition coefficient (Wildman–Crippen LogP) is 2.55. The number of ketones is 1. The SMILES string of the molecule is COC(C)CCC(=O)N1CCCCCC1CC(C)=O. The van der Waals surface area contributed by atoms with Gasteiger partial charge in [0, 0.05) is 32.5 Å². The molecule has 0 aromatic carbocycles. The molecule has 0 N–H and O–H groups in total. The first-order valence-corrected chi connectivity index (χ1v) is 7.36. The van der Waals surface area contributed by atoms with Crippen LogP contribution in [0.4, 0.5) is 0 Å². The van der Waals surface area contributed by atoms with Gasteiger partial charge in [-0.05, 0) is 33.1 Å². The lowest BCUT2D eigenvalue weighted by Gasteiger charge is -2.30. The van der Waals surface area contributed by atoms with Crippen LogP contribution in [0.1, 0.15) is 58.8 Å². The van der Waals surface area contributed by atoms with E-state index in [0.29, 0.717) is 12.8 Å². The van der Waals surface area contributed by atoms with E-state index in [4.69, 9.17) is 4.74 Å². The first-order chi connectivity index (χ1) is 9.04. The number of nitrogens with zero attached hydrogens (tertiary/aromatic N) is 1. The van der Waals surface area contributed by atoms with Crippen molar-refractivity contribution in [1.29, 1.82) is 0 Å². The monoisotopic (exact) mass is 269 g/mol. The molecule has 19 heavy (non-hydrogen) atoms. The van der Waals surface area contributed by atoms with Crippen LogP contribution in [0, 0.1) is 0 Å². The zero-order valence-electron chi connectivity index (χ0n) is 12.5. The van der Waals surface area contributed by atoms with Gasteiger partial charge >= 0.3 is 0 Å². The summed E-state index contributed by atoms with van der Waals surface area (Å²) in [6.07, 6.45) is 6.18. The van der Waals surface area contributed by atoms with Crippen molar-refractivity contribution in [1.82, 2.24) is 4.90 Å². The van der Waals surface area contributed by atoms with E-state index in [9.17, 15) is 9.59 Å². The van der Waals surface area contributed by atoms with Crippen molar-refractivity contribution in [2.75, 3.05) is 13.7 Å². The van der Waals surface area contributed by atoms with E-state index in [1.54, 1.807) is 14.0 Å². The number of Topliss-reactive ketones (excluding diaryl/α,β-unsaturated/α-hetero) is 1. The smallest absolute Gasteiger partial charge is 0.222 e. The molecule has 0 aromatic heterocycles. The summed E-state index contributed by atoms with van der Waals surface area (Å²) in [7, 11) is 1.67. The van der Waals surface area contributed by atoms with Crippen LogP contribution in [0.2, 0.25) is 0 Å². The minimum absolute atomic E-state index is 0.113. The summed E-state index contributed by atoms with van der Waals surface area (Å²) < 4.78 is 5.18. The maximum absolute atomic E-state index is 12.3. The molecule has 0 spiro atoms. The number of rotatable bonds is 6. The Labute approximate surface area is 116 Å². The molecule has 1 aliphatic rings. The molecule has 0 aromatic rings. The largest absolute Gasteiger partial charge is 0.382 e. The maximum Gasteiger partial charge on any atom is 0.222 e. The summed E-state index contributed by atoms with van der Waals surface area (Å²) >= 11 is 0. The van der Waals surface area contributed by atoms with E-state index in [1.807, 2.05) is 11.8 Å². The van der Waals surface area contributed by atoms with E-state index in [1.165, 1.54) is 0 Å². The third kappa shape index (κ3) is 5.72. The van der Waals surface area contributed by atoms with Crippen molar-refractivity contribution in [3.05, 3.63) is 0 Å². The van der Waals surface area contributed by atoms with E-state index >= 15 is 0 Å². The number of hydrogen-bond donors (Lipinski definition) is 0. The maximum atomic E-state index is 12.3. The Balaban J connectivity index is 2.57. The number of likely N-dealkylation sites (tertiary alicyclic amines) is 1. The van der Waals surface area contributed by atoms with Gasteiger partial charge in [-0.1, -0.05) is 12.8 Å². The Kier molecular flexibility index (Phi) is 7.06. The molecule has 2 unspecified atom stereocenters. The summed E-state index contributed by atoms with van der Waals surface area (Å²) in [5.41, 5.74) is 0. The molecule has 0 saturated carbocycles. The summed E-state index contributed by atoms with van der Waals surface area (Å²) in [5.74, 6) is 0.354. The van der Waals surface area contributed by atoms with E-state index in [0.717, 1.165) is 38.6 Å². The molecule has 1 fully saturated rings. The second-order valence-corrected chi connectivity index (χ2v) is 5.58. The fraction of sp³-hybridized carbons (Fsp3) is 0.867. The van der Waals surface area contributed by atoms with Gasteiger partial charge in [0.15, 0.2) is 0 Å². The van der Waals surface area contributed by atoms with Crippen LogP contribution in [0.15, 0.2) is 0 Å². The van der Waals surface area contributed by atoms with Crippen molar-refractivity contribution in [3.8, 4) is 0 Å². The van der Waals surface area contributed by atoms with Gasteiger partial charge in [-0.25, -0.2) is 0 Å². The molecule has 1 amide bonds. The van der Waals surface area contributed by atoms with Crippen molar-refractivity contribution in [2.24, 2.45) is 0 Å². The fourth-order valence-corrected chi connectivity index (χ4v) is 2.64. The molecular formula is C15H27NO3. The van der Waals surface area contributed by atoms with Crippen molar-refractivity contribution in [2.45, 2.75) is 70.9 Å². The van der Waals surface area contributed by atoms with Crippen molar-refractivity contribution < 1.29 is 14.3 Å². The molecule has 1 rings (SSSR count). The molecular weight excluding hydrogens is 242 g/mol. The standard InChI is InChI=1S/C15H27NO3/c1-12(17)11-14-7-5-4-6-10-16(14)15(18)9-8-13(2)19-3/h13-14H,4-11H2,1-3H3. The fourth-order valence-electron chi connectivity index (χ4n) is 2.64. The topological polar surface area (TPSA) is 46.6 Å². The van der Waals surface area contributed by atoms with Crippen molar-refractivity contribution in [3.63, 3.8) is 0 Å². The Bertz CT molecular complexity index is 304. The lowest BCUT2D eigenvalue weighted by atomic mass is 10.0. The van der Waals surface area contributed by atoms with Crippen LogP contribution in [-0.4, -0.2) is 42.4 Å². The van der Waals surface area contributed by atoms with Gasteiger partial charge in [0.1, 0.15) is 5.78 Å². The number of carbonyl (C=O) groups is 2. The highest BCUT2D eigenvalue weighted by Crippen LogP contribution is 2.21. The lowest BCUT2D eigenvalue weighted by Crippen LogP contribution is -2.41. The lowest BCUT2D eigenvalue weighted by molar-refractivity contribution is -0.135. The van der Waals surface area contributed by atoms with Crippen LogP contribution in [-0.2, 0) is 14.3 Å². The van der Waals surface area contributed by atoms with Gasteiger partial charge in [-0.15, -0.1) is 0 Å². The first kappa shape index (κ1) is 16.2. The van der Waals surface area contributed by atoms with Gasteiger partial charge in [0.25, 0.3) is 0 Å². The Morgan fingerprint density at radius 1 is 1.32 bits per heavy atom.